The van der Waals surface area contributed by atoms with Crippen molar-refractivity contribution in [2.75, 3.05) is 26.4 Å². The molecule has 1 amide bonds. The summed E-state index contributed by atoms with van der Waals surface area (Å²) in [6.45, 7) is 1.80. The molecular formula is C99H185NO18. The summed E-state index contributed by atoms with van der Waals surface area (Å²) in [6.07, 6.45) is 77.2. The number of aliphatic hydroxyl groups is 11. The number of nitrogens with one attached hydrogen (secondary N) is 1. The van der Waals surface area contributed by atoms with Crippen molar-refractivity contribution in [3.8, 4) is 0 Å². The third kappa shape index (κ3) is 55.3. The number of amides is 1. The van der Waals surface area contributed by atoms with Gasteiger partial charge in [0.2, 0.25) is 5.91 Å². The highest BCUT2D eigenvalue weighted by Crippen LogP contribution is 2.34. The van der Waals surface area contributed by atoms with Crippen LogP contribution in [0.25, 0.3) is 0 Å². The van der Waals surface area contributed by atoms with E-state index in [4.69, 9.17) is 28.4 Å². The second kappa shape index (κ2) is 78.2. The van der Waals surface area contributed by atoms with Crippen LogP contribution in [0, 0.1) is 0 Å². The molecule has 3 aliphatic heterocycles. The summed E-state index contributed by atoms with van der Waals surface area (Å²) >= 11 is 0. The fraction of sp³-hybridized carbons (Fsp3) is 0.909. The van der Waals surface area contributed by atoms with E-state index in [1.807, 2.05) is 6.08 Å². The fourth-order valence-electron chi connectivity index (χ4n) is 17.0. The van der Waals surface area contributed by atoms with Crippen LogP contribution in [-0.4, -0.2) is 193 Å². The van der Waals surface area contributed by atoms with Crippen molar-refractivity contribution >= 4 is 5.91 Å². The first-order valence-corrected chi connectivity index (χ1v) is 49.9. The lowest BCUT2D eigenvalue weighted by Gasteiger charge is -2.48. The van der Waals surface area contributed by atoms with Crippen LogP contribution >= 0.6 is 0 Å². The topological polar surface area (TPSA) is 307 Å². The Hall–Kier alpha value is -2.25. The Morgan fingerprint density at radius 1 is 0.305 bits per heavy atom. The lowest BCUT2D eigenvalue weighted by Crippen LogP contribution is -2.66. The van der Waals surface area contributed by atoms with Gasteiger partial charge in [-0.1, -0.05) is 428 Å². The predicted molar refractivity (Wildman–Crippen MR) is 480 cm³/mol. The van der Waals surface area contributed by atoms with Crippen molar-refractivity contribution in [2.24, 2.45) is 0 Å². The molecule has 19 nitrogen and oxygen atoms in total. The van der Waals surface area contributed by atoms with Crippen LogP contribution in [0.4, 0.5) is 0 Å². The highest BCUT2D eigenvalue weighted by Gasteiger charge is 2.54. The monoisotopic (exact) mass is 1680 g/mol. The molecule has 0 saturated carbocycles. The maximum atomic E-state index is 13.6. The first-order chi connectivity index (χ1) is 57.8. The second-order valence-corrected chi connectivity index (χ2v) is 35.6. The van der Waals surface area contributed by atoms with Crippen molar-refractivity contribution in [1.29, 1.82) is 0 Å². The van der Waals surface area contributed by atoms with Crippen molar-refractivity contribution in [3.05, 3.63) is 48.6 Å². The van der Waals surface area contributed by atoms with Crippen LogP contribution in [0.3, 0.4) is 0 Å². The Labute approximate surface area is 720 Å². The Morgan fingerprint density at radius 3 is 0.873 bits per heavy atom. The minimum Gasteiger partial charge on any atom is -0.394 e. The molecule has 17 atom stereocenters. The highest BCUT2D eigenvalue weighted by molar-refractivity contribution is 5.76. The molecule has 3 rings (SSSR count). The van der Waals surface area contributed by atoms with E-state index in [9.17, 15) is 61.0 Å². The minimum atomic E-state index is -1.98. The second-order valence-electron chi connectivity index (χ2n) is 35.6. The van der Waals surface area contributed by atoms with Crippen molar-refractivity contribution in [1.82, 2.24) is 5.32 Å². The first-order valence-electron chi connectivity index (χ1n) is 49.9. The van der Waals surface area contributed by atoms with Gasteiger partial charge in [-0.05, 0) is 57.8 Å². The van der Waals surface area contributed by atoms with Crippen LogP contribution in [0.5, 0.6) is 0 Å². The molecule has 17 unspecified atom stereocenters. The molecule has 0 spiro atoms. The summed E-state index contributed by atoms with van der Waals surface area (Å²) < 4.78 is 34.6. The summed E-state index contributed by atoms with van der Waals surface area (Å²) in [4.78, 5) is 13.6. The third-order valence-electron chi connectivity index (χ3n) is 24.9. The van der Waals surface area contributed by atoms with Gasteiger partial charge in [0.25, 0.3) is 0 Å². The number of aliphatic hydroxyl groups excluding tert-OH is 11. The van der Waals surface area contributed by atoms with Crippen LogP contribution in [-0.2, 0) is 33.2 Å². The number of carbonyl (C=O) groups is 1. The lowest BCUT2D eigenvalue weighted by molar-refractivity contribution is -0.379. The van der Waals surface area contributed by atoms with Gasteiger partial charge >= 0.3 is 0 Å². The zero-order valence-corrected chi connectivity index (χ0v) is 75.4. The van der Waals surface area contributed by atoms with Gasteiger partial charge in [-0.2, -0.15) is 0 Å². The normalized spacial score (nSPS) is 24.4. The van der Waals surface area contributed by atoms with Crippen LogP contribution < -0.4 is 5.32 Å². The summed E-state index contributed by atoms with van der Waals surface area (Å²) in [6, 6.07) is -0.975. The minimum absolute atomic E-state index is 0.248. The van der Waals surface area contributed by atoms with Gasteiger partial charge < -0.3 is 89.9 Å². The van der Waals surface area contributed by atoms with Gasteiger partial charge in [-0.25, -0.2) is 0 Å². The third-order valence-corrected chi connectivity index (χ3v) is 24.9. The molecule has 0 aromatic heterocycles. The number of ether oxygens (including phenoxy) is 6. The van der Waals surface area contributed by atoms with Gasteiger partial charge in [-0.15, -0.1) is 0 Å². The molecule has 0 bridgehead atoms. The molecule has 3 fully saturated rings. The molecule has 12 N–H and O–H groups in total. The number of allylic oxidation sites excluding steroid dienone is 7. The zero-order valence-electron chi connectivity index (χ0n) is 75.4. The molecule has 0 aromatic rings. The van der Waals surface area contributed by atoms with E-state index in [0.29, 0.717) is 6.42 Å². The first kappa shape index (κ1) is 110. The maximum Gasteiger partial charge on any atom is 0.220 e. The predicted octanol–water partition coefficient (Wildman–Crippen LogP) is 20.7. The van der Waals surface area contributed by atoms with Crippen LogP contribution in [0.1, 0.15) is 444 Å². The van der Waals surface area contributed by atoms with Gasteiger partial charge in [0.1, 0.15) is 73.2 Å². The van der Waals surface area contributed by atoms with Gasteiger partial charge in [0.05, 0.1) is 38.6 Å². The number of carbonyl (C=O) groups excluding carboxylic acids is 1. The Morgan fingerprint density at radius 2 is 0.559 bits per heavy atom. The van der Waals surface area contributed by atoms with Crippen molar-refractivity contribution in [3.63, 3.8) is 0 Å². The zero-order chi connectivity index (χ0) is 85.2. The summed E-state index contributed by atoms with van der Waals surface area (Å²) in [5, 5.41) is 121. The molecule has 3 aliphatic rings. The van der Waals surface area contributed by atoms with E-state index >= 15 is 0 Å². The van der Waals surface area contributed by atoms with Crippen molar-refractivity contribution in [2.45, 2.75) is 548 Å². The fourth-order valence-corrected chi connectivity index (χ4v) is 17.0. The van der Waals surface area contributed by atoms with Gasteiger partial charge in [0, 0.05) is 6.42 Å². The number of unbranched alkanes of at least 4 members (excludes halogenated alkanes) is 61. The van der Waals surface area contributed by atoms with Gasteiger partial charge in [-0.3, -0.25) is 4.79 Å². The molecular weight excluding hydrogens is 1490 g/mol. The maximum absolute atomic E-state index is 13.6. The van der Waals surface area contributed by atoms with E-state index in [0.717, 1.165) is 57.8 Å². The molecule has 19 heteroatoms. The molecule has 3 heterocycles. The smallest absolute Gasteiger partial charge is 0.220 e. The molecule has 0 radical (unpaired) electrons. The quantitative estimate of drug-likeness (QED) is 0.0199. The average Bonchev–Trinajstić information content (AvgIpc) is 0.777. The molecule has 694 valence electrons. The average molecular weight is 1680 g/mol. The van der Waals surface area contributed by atoms with Crippen LogP contribution in [0.2, 0.25) is 0 Å². The SMILES string of the molecule is CCCCCCC/C=C\C/C=C\C/C=C\CCCCCCCCCCCCCCCCCCCCCCCCCCCCC(=O)NC(COC1OC(CO)C(OC2OC(CO)C(OC3OC(CO)C(O)C(O)C3O)C(O)C2O)C(O)C1O)C(O)/C=C/CCCCCCCCCCCCCCCCCCCCCCCCCCCCCCCC. The molecule has 3 saturated heterocycles. The number of hydrogen-bond donors (Lipinski definition) is 12. The molecule has 118 heavy (non-hydrogen) atoms. The Kier molecular flexibility index (Phi) is 72.9. The number of hydrogen-bond acceptors (Lipinski definition) is 18. The van der Waals surface area contributed by atoms with E-state index < -0.39 is 124 Å². The van der Waals surface area contributed by atoms with E-state index in [1.54, 1.807) is 6.08 Å². The molecule has 0 aliphatic carbocycles. The summed E-state index contributed by atoms with van der Waals surface area (Å²) in [5.74, 6) is -0.266. The number of rotatable bonds is 83. The van der Waals surface area contributed by atoms with Crippen molar-refractivity contribution < 1.29 is 89.4 Å². The van der Waals surface area contributed by atoms with E-state index in [2.05, 4.69) is 55.6 Å². The van der Waals surface area contributed by atoms with E-state index in [-0.39, 0.29) is 18.9 Å². The van der Waals surface area contributed by atoms with E-state index in [1.165, 1.54) is 360 Å². The van der Waals surface area contributed by atoms with Crippen LogP contribution in [0.15, 0.2) is 48.6 Å². The summed E-state index contributed by atoms with van der Waals surface area (Å²) in [5.41, 5.74) is 0. The summed E-state index contributed by atoms with van der Waals surface area (Å²) in [7, 11) is 0. The highest BCUT2D eigenvalue weighted by atomic mass is 16.8. The van der Waals surface area contributed by atoms with Gasteiger partial charge in [0.15, 0.2) is 18.9 Å². The molecule has 0 aromatic carbocycles. The standard InChI is InChI=1S/C99H185NO18/c1-3-5-7-9-11-13-15-17-19-21-23-25-27-29-31-33-35-37-38-39-40-41-42-43-44-45-47-49-51-53-55-57-59-61-63-65-67-69-71-73-75-77-87(105)100-82(83(104)76-74-72-70-68-66-64-62-60-58-56-54-52-50-48-46-36-34-32-30-28-26-24-22-20-18-16-14-12-10-8-6-4-2)81-113-97-93(111)90(108)95(85(79-102)115-97)118-99-94(112)91(109)96(86(80-103)116-99)117-98-92(110)89(107)88(106)84(78-101)114-98/h15,17,21,23,27,29,74,76,82-86,88-99,101-104,106-112H,3-14,16,18-20,22,24-26,28,30-73,75,77-81H2,1-2H3,(H,100,105)/b17-15-,23-21-,29-27-,76-74+. The Bertz CT molecular complexity index is 2310. The lowest BCUT2D eigenvalue weighted by atomic mass is 9.96. The Balaban J connectivity index is 1.28. The largest absolute Gasteiger partial charge is 0.394 e.